The molecule has 0 saturated carbocycles. The van der Waals surface area contributed by atoms with Crippen molar-refractivity contribution >= 4 is 17.7 Å². The van der Waals surface area contributed by atoms with Gasteiger partial charge in [0, 0.05) is 36.2 Å². The molecule has 182 valence electrons. The van der Waals surface area contributed by atoms with E-state index in [1.54, 1.807) is 26.4 Å². The number of anilines is 1. The molecule has 1 aliphatic heterocycles. The number of amides is 2. The monoisotopic (exact) mass is 480 g/mol. The molecule has 1 unspecified atom stereocenters. The summed E-state index contributed by atoms with van der Waals surface area (Å²) < 4.78 is 32.9. The molecule has 8 nitrogen and oxygen atoms in total. The maximum Gasteiger partial charge on any atom is 0.414 e. The number of nitrogens with one attached hydrogen (secondary N) is 1. The van der Waals surface area contributed by atoms with Gasteiger partial charge in [-0.2, -0.15) is 0 Å². The van der Waals surface area contributed by atoms with Gasteiger partial charge in [0.05, 0.1) is 33.0 Å². The van der Waals surface area contributed by atoms with Crippen LogP contribution in [0.1, 0.15) is 12.5 Å². The minimum absolute atomic E-state index is 0.206. The maximum atomic E-state index is 15.0. The number of carbonyl (C=O) groups excluding carboxylic acids is 2. The van der Waals surface area contributed by atoms with Gasteiger partial charge >= 0.3 is 6.09 Å². The summed E-state index contributed by atoms with van der Waals surface area (Å²) in [5, 5.41) is 2.62. The number of rotatable bonds is 8. The molecule has 2 amide bonds. The van der Waals surface area contributed by atoms with Crippen molar-refractivity contribution < 1.29 is 32.8 Å². The third-order valence-corrected chi connectivity index (χ3v) is 5.70. The second-order valence-electron chi connectivity index (χ2n) is 8.20. The Morgan fingerprint density at radius 2 is 1.80 bits per heavy atom. The van der Waals surface area contributed by atoms with Gasteiger partial charge in [-0.05, 0) is 35.9 Å². The fourth-order valence-electron chi connectivity index (χ4n) is 3.91. The fraction of sp³-hybridized carbons (Fsp3) is 0.269. The number of nitrogens with zero attached hydrogens (tertiary/aromatic N) is 2. The van der Waals surface area contributed by atoms with E-state index in [1.807, 2.05) is 47.3 Å². The van der Waals surface area contributed by atoms with Crippen molar-refractivity contribution in [1.82, 2.24) is 5.32 Å². The van der Waals surface area contributed by atoms with E-state index < -0.39 is 18.0 Å². The molecule has 0 spiro atoms. The predicted molar refractivity (Wildman–Crippen MR) is 127 cm³/mol. The van der Waals surface area contributed by atoms with Crippen molar-refractivity contribution in [3.8, 4) is 22.6 Å². The van der Waals surface area contributed by atoms with E-state index in [1.165, 1.54) is 17.9 Å². The molecule has 0 radical (unpaired) electrons. The Labute approximate surface area is 202 Å². The summed E-state index contributed by atoms with van der Waals surface area (Å²) in [7, 11) is 3.22. The molecule has 2 aromatic carbocycles. The van der Waals surface area contributed by atoms with Crippen LogP contribution in [-0.2, 0) is 16.1 Å². The normalized spacial score (nSPS) is 15.0. The number of benzene rings is 2. The van der Waals surface area contributed by atoms with Crippen molar-refractivity contribution in [2.24, 2.45) is 0 Å². The molecule has 1 fully saturated rings. The van der Waals surface area contributed by atoms with Crippen LogP contribution in [0.4, 0.5) is 14.9 Å². The van der Waals surface area contributed by atoms with Gasteiger partial charge < -0.3 is 19.5 Å². The van der Waals surface area contributed by atoms with E-state index in [-0.39, 0.29) is 19.0 Å². The van der Waals surface area contributed by atoms with Gasteiger partial charge in [-0.1, -0.05) is 0 Å². The molecule has 2 heterocycles. The number of hydrogen-bond acceptors (Lipinski definition) is 5. The molecule has 1 saturated heterocycles. The van der Waals surface area contributed by atoms with E-state index in [2.05, 4.69) is 5.32 Å². The van der Waals surface area contributed by atoms with Crippen LogP contribution in [0.25, 0.3) is 11.1 Å². The first-order valence-electron chi connectivity index (χ1n) is 11.1. The molecular formula is C26H27FN3O5+. The van der Waals surface area contributed by atoms with Gasteiger partial charge in [-0.15, -0.1) is 0 Å². The highest BCUT2D eigenvalue weighted by Crippen LogP contribution is 2.29. The lowest BCUT2D eigenvalue weighted by Crippen LogP contribution is -2.33. The molecule has 1 N–H and O–H groups in total. The Balaban J connectivity index is 1.46. The lowest BCUT2D eigenvalue weighted by Gasteiger charge is -2.14. The lowest BCUT2D eigenvalue weighted by molar-refractivity contribution is -0.688. The third-order valence-electron chi connectivity index (χ3n) is 5.70. The van der Waals surface area contributed by atoms with E-state index in [0.717, 1.165) is 5.56 Å². The van der Waals surface area contributed by atoms with Gasteiger partial charge in [-0.3, -0.25) is 9.69 Å². The summed E-state index contributed by atoms with van der Waals surface area (Å²) in [6.07, 6.45) is 2.70. The van der Waals surface area contributed by atoms with Crippen LogP contribution in [0.2, 0.25) is 0 Å². The van der Waals surface area contributed by atoms with Crippen LogP contribution in [-0.4, -0.2) is 45.4 Å². The van der Waals surface area contributed by atoms with Crippen molar-refractivity contribution in [3.05, 3.63) is 72.3 Å². The summed E-state index contributed by atoms with van der Waals surface area (Å²) in [5.41, 5.74) is 2.54. The Hall–Kier alpha value is -4.14. The standard InChI is InChI=1S/C26H26FN3O5/c1-17(31)28-14-23-16-30(26(32)35-23)20-4-5-24(25(27)12-20)19-6-8-29(9-7-19)15-18-10-21(33-2)13-22(11-18)34-3/h4-13,23H,14-16H2,1-3H3/p+1. The smallest absolute Gasteiger partial charge is 0.414 e. The maximum absolute atomic E-state index is 15.0. The highest BCUT2D eigenvalue weighted by molar-refractivity contribution is 5.90. The number of aromatic nitrogens is 1. The van der Waals surface area contributed by atoms with Gasteiger partial charge in [-0.25, -0.2) is 13.8 Å². The zero-order valence-electron chi connectivity index (χ0n) is 19.8. The molecule has 0 aliphatic carbocycles. The second kappa shape index (κ2) is 10.4. The predicted octanol–water partition coefficient (Wildman–Crippen LogP) is 3.31. The fourth-order valence-corrected chi connectivity index (χ4v) is 3.91. The van der Waals surface area contributed by atoms with Crippen LogP contribution < -0.4 is 24.3 Å². The molecular weight excluding hydrogens is 453 g/mol. The topological polar surface area (TPSA) is 81.0 Å². The Kier molecular flexibility index (Phi) is 7.14. The Morgan fingerprint density at radius 1 is 1.11 bits per heavy atom. The number of pyridine rings is 1. The molecule has 1 aliphatic rings. The molecule has 1 atom stereocenters. The molecule has 4 rings (SSSR count). The van der Waals surface area contributed by atoms with Gasteiger partial charge in [0.1, 0.15) is 23.4 Å². The average Bonchev–Trinajstić information content (AvgIpc) is 3.23. The number of halogens is 1. The third kappa shape index (κ3) is 5.68. The number of hydrogen-bond donors (Lipinski definition) is 1. The van der Waals surface area contributed by atoms with Crippen molar-refractivity contribution in [3.63, 3.8) is 0 Å². The van der Waals surface area contributed by atoms with Crippen LogP contribution >= 0.6 is 0 Å². The Morgan fingerprint density at radius 3 is 2.40 bits per heavy atom. The minimum atomic E-state index is -0.567. The molecule has 35 heavy (non-hydrogen) atoms. The van der Waals surface area contributed by atoms with E-state index in [4.69, 9.17) is 14.2 Å². The zero-order chi connectivity index (χ0) is 24.9. The quantitative estimate of drug-likeness (QED) is 0.501. The summed E-state index contributed by atoms with van der Waals surface area (Å²) in [6, 6.07) is 14.0. The van der Waals surface area contributed by atoms with Crippen LogP contribution in [0.3, 0.4) is 0 Å². The lowest BCUT2D eigenvalue weighted by atomic mass is 10.1. The van der Waals surface area contributed by atoms with Crippen molar-refractivity contribution in [1.29, 1.82) is 0 Å². The molecule has 0 bridgehead atoms. The largest absolute Gasteiger partial charge is 0.497 e. The number of ether oxygens (including phenoxy) is 3. The minimum Gasteiger partial charge on any atom is -0.497 e. The summed E-state index contributed by atoms with van der Waals surface area (Å²) in [4.78, 5) is 24.7. The summed E-state index contributed by atoms with van der Waals surface area (Å²) in [5.74, 6) is 0.766. The average molecular weight is 481 g/mol. The van der Waals surface area contributed by atoms with E-state index >= 15 is 4.39 Å². The summed E-state index contributed by atoms with van der Waals surface area (Å²) in [6.45, 7) is 2.43. The molecule has 3 aromatic rings. The first-order valence-corrected chi connectivity index (χ1v) is 11.1. The number of methoxy groups -OCH3 is 2. The number of carbonyl (C=O) groups is 2. The summed E-state index contributed by atoms with van der Waals surface area (Å²) >= 11 is 0. The Bertz CT molecular complexity index is 1210. The first-order chi connectivity index (χ1) is 16.9. The van der Waals surface area contributed by atoms with E-state index in [0.29, 0.717) is 34.9 Å². The van der Waals surface area contributed by atoms with Crippen LogP contribution in [0.5, 0.6) is 11.5 Å². The zero-order valence-corrected chi connectivity index (χ0v) is 19.8. The van der Waals surface area contributed by atoms with Gasteiger partial charge in [0.25, 0.3) is 0 Å². The van der Waals surface area contributed by atoms with Crippen molar-refractivity contribution in [2.45, 2.75) is 19.6 Å². The second-order valence-corrected chi connectivity index (χ2v) is 8.20. The first kappa shape index (κ1) is 24.0. The van der Waals surface area contributed by atoms with Crippen molar-refractivity contribution in [2.75, 3.05) is 32.2 Å². The highest BCUT2D eigenvalue weighted by Gasteiger charge is 2.32. The highest BCUT2D eigenvalue weighted by atomic mass is 19.1. The number of cyclic esters (lactones) is 1. The van der Waals surface area contributed by atoms with E-state index in [9.17, 15) is 9.59 Å². The molecule has 1 aromatic heterocycles. The van der Waals surface area contributed by atoms with Gasteiger partial charge in [0.2, 0.25) is 5.91 Å². The van der Waals surface area contributed by atoms with Crippen LogP contribution in [0.15, 0.2) is 60.9 Å². The van der Waals surface area contributed by atoms with Crippen LogP contribution in [0, 0.1) is 5.82 Å². The molecule has 9 heteroatoms. The van der Waals surface area contributed by atoms with Gasteiger partial charge in [0.15, 0.2) is 18.9 Å². The SMILES string of the molecule is COc1cc(C[n+]2ccc(-c3ccc(N4CC(CNC(C)=O)OC4=O)cc3F)cc2)cc(OC)c1.